The van der Waals surface area contributed by atoms with E-state index in [2.05, 4.69) is 31.1 Å². The highest BCUT2D eigenvalue weighted by Crippen LogP contribution is 2.30. The van der Waals surface area contributed by atoms with Crippen LogP contribution in [0.15, 0.2) is 0 Å². The van der Waals surface area contributed by atoms with Crippen LogP contribution in [-0.2, 0) is 4.74 Å². The van der Waals surface area contributed by atoms with Crippen molar-refractivity contribution in [1.29, 1.82) is 0 Å². The lowest BCUT2D eigenvalue weighted by Crippen LogP contribution is -2.58. The maximum atomic E-state index is 5.72. The van der Waals surface area contributed by atoms with Crippen LogP contribution in [0.3, 0.4) is 0 Å². The average molecular weight is 254 g/mol. The van der Waals surface area contributed by atoms with Crippen molar-refractivity contribution < 1.29 is 4.74 Å². The molecular formula is C15H30N2O. The van der Waals surface area contributed by atoms with Crippen molar-refractivity contribution in [1.82, 2.24) is 10.2 Å². The molecule has 0 amide bonds. The van der Waals surface area contributed by atoms with E-state index in [9.17, 15) is 0 Å². The van der Waals surface area contributed by atoms with Crippen molar-refractivity contribution in [3.8, 4) is 0 Å². The zero-order valence-corrected chi connectivity index (χ0v) is 12.3. The molecule has 0 aromatic carbocycles. The fourth-order valence-electron chi connectivity index (χ4n) is 3.77. The summed E-state index contributed by atoms with van der Waals surface area (Å²) in [7, 11) is 2.32. The maximum Gasteiger partial charge on any atom is 0.0637 e. The predicted molar refractivity (Wildman–Crippen MR) is 75.9 cm³/mol. The van der Waals surface area contributed by atoms with Gasteiger partial charge in [-0.05, 0) is 38.8 Å². The normalized spacial score (nSPS) is 38.0. The average Bonchev–Trinajstić information content (AvgIpc) is 2.40. The molecule has 106 valence electrons. The Morgan fingerprint density at radius 3 is 2.67 bits per heavy atom. The van der Waals surface area contributed by atoms with Crippen LogP contribution in [0.25, 0.3) is 0 Å². The Labute approximate surface area is 112 Å². The van der Waals surface area contributed by atoms with Crippen molar-refractivity contribution in [2.75, 3.05) is 26.8 Å². The van der Waals surface area contributed by atoms with E-state index in [1.807, 2.05) is 0 Å². The molecule has 4 unspecified atom stereocenters. The standard InChI is InChI=1S/C15H30N2O/c1-4-16-13-9-10-18-11-15(13)17(3)14-8-6-5-7-12(14)2/h12-16H,4-11H2,1-3H3. The van der Waals surface area contributed by atoms with E-state index in [4.69, 9.17) is 4.74 Å². The van der Waals surface area contributed by atoms with Gasteiger partial charge in [0, 0.05) is 24.7 Å². The smallest absolute Gasteiger partial charge is 0.0637 e. The van der Waals surface area contributed by atoms with E-state index >= 15 is 0 Å². The fraction of sp³-hybridized carbons (Fsp3) is 1.00. The monoisotopic (exact) mass is 254 g/mol. The van der Waals surface area contributed by atoms with Crippen LogP contribution in [-0.4, -0.2) is 49.8 Å². The molecule has 3 heteroatoms. The Morgan fingerprint density at radius 1 is 1.17 bits per heavy atom. The summed E-state index contributed by atoms with van der Waals surface area (Å²) < 4.78 is 5.72. The van der Waals surface area contributed by atoms with Crippen LogP contribution in [0.2, 0.25) is 0 Å². The number of nitrogens with one attached hydrogen (secondary N) is 1. The van der Waals surface area contributed by atoms with E-state index in [1.54, 1.807) is 0 Å². The highest BCUT2D eigenvalue weighted by atomic mass is 16.5. The maximum absolute atomic E-state index is 5.72. The second-order valence-electron chi connectivity index (χ2n) is 6.09. The number of likely N-dealkylation sites (N-methyl/N-ethyl adjacent to an activating group) is 2. The second kappa shape index (κ2) is 6.88. The van der Waals surface area contributed by atoms with Crippen LogP contribution in [0.5, 0.6) is 0 Å². The molecular weight excluding hydrogens is 224 g/mol. The number of ether oxygens (including phenoxy) is 1. The van der Waals surface area contributed by atoms with Crippen LogP contribution < -0.4 is 5.32 Å². The van der Waals surface area contributed by atoms with E-state index < -0.39 is 0 Å². The number of hydrogen-bond donors (Lipinski definition) is 1. The highest BCUT2D eigenvalue weighted by molar-refractivity contribution is 4.91. The molecule has 0 bridgehead atoms. The minimum absolute atomic E-state index is 0.559. The Morgan fingerprint density at radius 2 is 1.94 bits per heavy atom. The lowest BCUT2D eigenvalue weighted by atomic mass is 9.83. The van der Waals surface area contributed by atoms with Crippen LogP contribution >= 0.6 is 0 Å². The van der Waals surface area contributed by atoms with Gasteiger partial charge in [-0.25, -0.2) is 0 Å². The molecule has 1 heterocycles. The van der Waals surface area contributed by atoms with Crippen molar-refractivity contribution in [3.63, 3.8) is 0 Å². The summed E-state index contributed by atoms with van der Waals surface area (Å²) in [5.74, 6) is 0.841. The zero-order chi connectivity index (χ0) is 13.0. The van der Waals surface area contributed by atoms with E-state index in [0.717, 1.165) is 38.1 Å². The van der Waals surface area contributed by atoms with Crippen molar-refractivity contribution >= 4 is 0 Å². The Kier molecular flexibility index (Phi) is 5.46. The first-order valence-electron chi connectivity index (χ1n) is 7.77. The van der Waals surface area contributed by atoms with Gasteiger partial charge >= 0.3 is 0 Å². The van der Waals surface area contributed by atoms with Gasteiger partial charge in [-0.2, -0.15) is 0 Å². The van der Waals surface area contributed by atoms with Gasteiger partial charge in [-0.1, -0.05) is 26.7 Å². The molecule has 3 nitrogen and oxygen atoms in total. The largest absolute Gasteiger partial charge is 0.380 e. The summed E-state index contributed by atoms with van der Waals surface area (Å²) in [6.07, 6.45) is 6.74. The van der Waals surface area contributed by atoms with Gasteiger partial charge in [0.25, 0.3) is 0 Å². The van der Waals surface area contributed by atoms with Crippen LogP contribution in [0.1, 0.15) is 46.0 Å². The van der Waals surface area contributed by atoms with Crippen LogP contribution in [0.4, 0.5) is 0 Å². The minimum atomic E-state index is 0.559. The molecule has 1 N–H and O–H groups in total. The van der Waals surface area contributed by atoms with Gasteiger partial charge in [0.05, 0.1) is 6.61 Å². The lowest BCUT2D eigenvalue weighted by molar-refractivity contribution is -0.0230. The summed E-state index contributed by atoms with van der Waals surface area (Å²) in [5.41, 5.74) is 0. The Bertz CT molecular complexity index is 245. The minimum Gasteiger partial charge on any atom is -0.380 e. The molecule has 0 aromatic rings. The van der Waals surface area contributed by atoms with Crippen molar-refractivity contribution in [3.05, 3.63) is 0 Å². The van der Waals surface area contributed by atoms with Crippen molar-refractivity contribution in [2.45, 2.75) is 64.1 Å². The first-order valence-corrected chi connectivity index (χ1v) is 7.77. The molecule has 18 heavy (non-hydrogen) atoms. The SMILES string of the molecule is CCNC1CCOCC1N(C)C1CCCCC1C. The molecule has 1 saturated heterocycles. The third-order valence-electron chi connectivity index (χ3n) is 4.91. The number of nitrogens with zero attached hydrogens (tertiary/aromatic N) is 1. The fourth-order valence-corrected chi connectivity index (χ4v) is 3.77. The summed E-state index contributed by atoms with van der Waals surface area (Å²) >= 11 is 0. The molecule has 1 aliphatic heterocycles. The topological polar surface area (TPSA) is 24.5 Å². The summed E-state index contributed by atoms with van der Waals surface area (Å²) in [6, 6.07) is 1.93. The van der Waals surface area contributed by atoms with Gasteiger partial charge in [-0.3, -0.25) is 4.90 Å². The van der Waals surface area contributed by atoms with Crippen LogP contribution in [0, 0.1) is 5.92 Å². The third-order valence-corrected chi connectivity index (χ3v) is 4.91. The molecule has 2 rings (SSSR count). The second-order valence-corrected chi connectivity index (χ2v) is 6.09. The Hall–Kier alpha value is -0.120. The predicted octanol–water partition coefficient (Wildman–Crippen LogP) is 2.26. The molecule has 0 aromatic heterocycles. The molecule has 2 aliphatic rings. The first-order chi connectivity index (χ1) is 8.74. The lowest BCUT2D eigenvalue weighted by Gasteiger charge is -2.45. The number of hydrogen-bond acceptors (Lipinski definition) is 3. The molecule has 0 radical (unpaired) electrons. The zero-order valence-electron chi connectivity index (χ0n) is 12.3. The molecule has 1 aliphatic carbocycles. The molecule has 0 spiro atoms. The molecule has 2 fully saturated rings. The van der Waals surface area contributed by atoms with E-state index in [-0.39, 0.29) is 0 Å². The quantitative estimate of drug-likeness (QED) is 0.833. The summed E-state index contributed by atoms with van der Waals surface area (Å²) in [6.45, 7) is 7.51. The third kappa shape index (κ3) is 3.25. The molecule has 1 saturated carbocycles. The first kappa shape index (κ1) is 14.3. The molecule has 4 atom stereocenters. The van der Waals surface area contributed by atoms with Gasteiger partial charge in [-0.15, -0.1) is 0 Å². The van der Waals surface area contributed by atoms with Gasteiger partial charge in [0.1, 0.15) is 0 Å². The van der Waals surface area contributed by atoms with E-state index in [1.165, 1.54) is 25.7 Å². The van der Waals surface area contributed by atoms with Crippen molar-refractivity contribution in [2.24, 2.45) is 5.92 Å². The highest BCUT2D eigenvalue weighted by Gasteiger charge is 2.34. The summed E-state index contributed by atoms with van der Waals surface area (Å²) in [4.78, 5) is 2.62. The van der Waals surface area contributed by atoms with Gasteiger partial charge in [0.15, 0.2) is 0 Å². The van der Waals surface area contributed by atoms with Gasteiger partial charge < -0.3 is 10.1 Å². The van der Waals surface area contributed by atoms with E-state index in [0.29, 0.717) is 12.1 Å². The number of rotatable bonds is 4. The summed E-state index contributed by atoms with van der Waals surface area (Å²) in [5, 5.41) is 3.65. The Balaban J connectivity index is 1.98. The van der Waals surface area contributed by atoms with Gasteiger partial charge in [0.2, 0.25) is 0 Å².